The van der Waals surface area contributed by atoms with Crippen molar-refractivity contribution in [2.24, 2.45) is 0 Å². The molecule has 0 radical (unpaired) electrons. The maximum Gasteiger partial charge on any atom is 0.252 e. The minimum absolute atomic E-state index is 0.176. The Kier molecular flexibility index (Phi) is 4.65. The standard InChI is InChI=1S/C11H15NO2S/c1-3-4-5-8(2)12-11(14)9-6-10(13)15-7-9/h4-6,10,13H,2-3,7H2,1H3,(H,12,14)/b5-4-. The van der Waals surface area contributed by atoms with Gasteiger partial charge in [0.1, 0.15) is 5.44 Å². The molecule has 1 rings (SSSR count). The zero-order valence-electron chi connectivity index (χ0n) is 8.69. The van der Waals surface area contributed by atoms with Crippen molar-refractivity contribution in [3.05, 3.63) is 36.1 Å². The van der Waals surface area contributed by atoms with Gasteiger partial charge in [-0.2, -0.15) is 0 Å². The van der Waals surface area contributed by atoms with E-state index in [-0.39, 0.29) is 5.91 Å². The zero-order chi connectivity index (χ0) is 11.3. The van der Waals surface area contributed by atoms with Gasteiger partial charge in [0.05, 0.1) is 0 Å². The molecule has 82 valence electrons. The van der Waals surface area contributed by atoms with Gasteiger partial charge in [-0.1, -0.05) is 19.6 Å². The summed E-state index contributed by atoms with van der Waals surface area (Å²) in [6, 6.07) is 0. The summed E-state index contributed by atoms with van der Waals surface area (Å²) in [5, 5.41) is 11.9. The molecule has 0 fully saturated rings. The molecule has 1 amide bonds. The van der Waals surface area contributed by atoms with Gasteiger partial charge in [-0.05, 0) is 18.6 Å². The van der Waals surface area contributed by atoms with Gasteiger partial charge in [-0.25, -0.2) is 0 Å². The largest absolute Gasteiger partial charge is 0.379 e. The molecule has 0 saturated carbocycles. The molecule has 0 saturated heterocycles. The molecule has 1 unspecified atom stereocenters. The molecule has 1 atom stereocenters. The Balaban J connectivity index is 2.46. The third kappa shape index (κ3) is 3.93. The van der Waals surface area contributed by atoms with Crippen LogP contribution < -0.4 is 5.32 Å². The highest BCUT2D eigenvalue weighted by Crippen LogP contribution is 2.23. The number of aliphatic hydroxyl groups excluding tert-OH is 1. The molecule has 2 N–H and O–H groups in total. The van der Waals surface area contributed by atoms with Crippen LogP contribution in [0.2, 0.25) is 0 Å². The van der Waals surface area contributed by atoms with Gasteiger partial charge in [0.2, 0.25) is 0 Å². The fourth-order valence-corrected chi connectivity index (χ4v) is 1.95. The molecule has 1 aliphatic heterocycles. The Hall–Kier alpha value is -1.00. The summed E-state index contributed by atoms with van der Waals surface area (Å²) in [6.45, 7) is 5.72. The molecule has 15 heavy (non-hydrogen) atoms. The second kappa shape index (κ2) is 5.78. The van der Waals surface area contributed by atoms with E-state index in [0.29, 0.717) is 17.0 Å². The van der Waals surface area contributed by atoms with Gasteiger partial charge in [-0.15, -0.1) is 11.8 Å². The van der Waals surface area contributed by atoms with Crippen molar-refractivity contribution in [3.8, 4) is 0 Å². The fourth-order valence-electron chi connectivity index (χ4n) is 1.11. The number of carbonyl (C=O) groups excluding carboxylic acids is 1. The summed E-state index contributed by atoms with van der Waals surface area (Å²) in [5.74, 6) is 0.377. The Bertz CT molecular complexity index is 321. The number of thioether (sulfide) groups is 1. The minimum atomic E-state index is -0.551. The number of rotatable bonds is 4. The van der Waals surface area contributed by atoms with E-state index in [0.717, 1.165) is 6.42 Å². The number of hydrogen-bond donors (Lipinski definition) is 2. The number of nitrogens with one attached hydrogen (secondary N) is 1. The summed E-state index contributed by atoms with van der Waals surface area (Å²) in [4.78, 5) is 11.6. The van der Waals surface area contributed by atoms with E-state index >= 15 is 0 Å². The molecule has 0 bridgehead atoms. The van der Waals surface area contributed by atoms with E-state index in [1.165, 1.54) is 11.8 Å². The number of carbonyl (C=O) groups is 1. The quantitative estimate of drug-likeness (QED) is 0.714. The molecule has 0 aromatic carbocycles. The van der Waals surface area contributed by atoms with Crippen LogP contribution in [0.15, 0.2) is 36.1 Å². The molecule has 0 aliphatic carbocycles. The van der Waals surface area contributed by atoms with Crippen LogP contribution in [0.5, 0.6) is 0 Å². The smallest absolute Gasteiger partial charge is 0.252 e. The monoisotopic (exact) mass is 225 g/mol. The lowest BCUT2D eigenvalue weighted by atomic mass is 10.2. The second-order valence-electron chi connectivity index (χ2n) is 3.18. The summed E-state index contributed by atoms with van der Waals surface area (Å²) in [6.07, 6.45) is 6.18. The van der Waals surface area contributed by atoms with E-state index in [2.05, 4.69) is 11.9 Å². The van der Waals surface area contributed by atoms with Gasteiger partial charge in [0, 0.05) is 17.0 Å². The van der Waals surface area contributed by atoms with Gasteiger partial charge in [-0.3, -0.25) is 4.79 Å². The maximum absolute atomic E-state index is 11.6. The van der Waals surface area contributed by atoms with Crippen molar-refractivity contribution >= 4 is 17.7 Å². The van der Waals surface area contributed by atoms with Gasteiger partial charge < -0.3 is 10.4 Å². The third-order valence-electron chi connectivity index (χ3n) is 1.87. The lowest BCUT2D eigenvalue weighted by molar-refractivity contribution is -0.116. The Morgan fingerprint density at radius 3 is 3.13 bits per heavy atom. The van der Waals surface area contributed by atoms with E-state index in [4.69, 9.17) is 0 Å². The van der Waals surface area contributed by atoms with Crippen LogP contribution in [0.3, 0.4) is 0 Å². The molecule has 0 spiro atoms. The normalized spacial score (nSPS) is 20.4. The highest BCUT2D eigenvalue weighted by molar-refractivity contribution is 8.00. The van der Waals surface area contributed by atoms with Gasteiger partial charge in [0.25, 0.3) is 5.91 Å². The first kappa shape index (κ1) is 12.1. The first-order valence-corrected chi connectivity index (χ1v) is 5.85. The minimum Gasteiger partial charge on any atom is -0.379 e. The molecule has 1 heterocycles. The van der Waals surface area contributed by atoms with Crippen LogP contribution in [0.1, 0.15) is 13.3 Å². The molecule has 1 aliphatic rings. The Morgan fingerprint density at radius 1 is 1.87 bits per heavy atom. The predicted molar refractivity (Wildman–Crippen MR) is 63.3 cm³/mol. The average molecular weight is 225 g/mol. The summed E-state index contributed by atoms with van der Waals surface area (Å²) in [5.41, 5.74) is 0.637. The number of hydrogen-bond acceptors (Lipinski definition) is 3. The second-order valence-corrected chi connectivity index (χ2v) is 4.29. The van der Waals surface area contributed by atoms with Gasteiger partial charge >= 0.3 is 0 Å². The zero-order valence-corrected chi connectivity index (χ0v) is 9.51. The van der Waals surface area contributed by atoms with Gasteiger partial charge in [0.15, 0.2) is 0 Å². The maximum atomic E-state index is 11.6. The first-order valence-electron chi connectivity index (χ1n) is 4.80. The number of allylic oxidation sites excluding steroid dienone is 2. The average Bonchev–Trinajstić information content (AvgIpc) is 2.61. The molecule has 0 aromatic heterocycles. The summed E-state index contributed by atoms with van der Waals surface area (Å²) >= 11 is 1.33. The Morgan fingerprint density at radius 2 is 2.60 bits per heavy atom. The van der Waals surface area contributed by atoms with Crippen LogP contribution >= 0.6 is 11.8 Å². The lowest BCUT2D eigenvalue weighted by Crippen LogP contribution is -2.23. The van der Waals surface area contributed by atoms with Crippen LogP contribution in [0.25, 0.3) is 0 Å². The molecule has 3 nitrogen and oxygen atoms in total. The highest BCUT2D eigenvalue weighted by Gasteiger charge is 2.19. The van der Waals surface area contributed by atoms with Crippen molar-refractivity contribution < 1.29 is 9.90 Å². The van der Waals surface area contributed by atoms with Crippen LogP contribution in [0.4, 0.5) is 0 Å². The highest BCUT2D eigenvalue weighted by atomic mass is 32.2. The number of amides is 1. The predicted octanol–water partition coefficient (Wildman–Crippen LogP) is 1.57. The lowest BCUT2D eigenvalue weighted by Gasteiger charge is -2.03. The van der Waals surface area contributed by atoms with Crippen molar-refractivity contribution in [2.45, 2.75) is 18.8 Å². The molecule has 4 heteroatoms. The summed E-state index contributed by atoms with van der Waals surface area (Å²) in [7, 11) is 0. The first-order chi connectivity index (χ1) is 7.13. The van der Waals surface area contributed by atoms with Crippen LogP contribution in [0, 0.1) is 0 Å². The SMILES string of the molecule is C=C(/C=C\CC)NC(=O)C1=CC(O)SC1. The molecule has 0 aromatic rings. The van der Waals surface area contributed by atoms with E-state index in [1.54, 1.807) is 12.2 Å². The molecular weight excluding hydrogens is 210 g/mol. The number of aliphatic hydroxyl groups is 1. The van der Waals surface area contributed by atoms with Crippen molar-refractivity contribution in [2.75, 3.05) is 5.75 Å². The van der Waals surface area contributed by atoms with Crippen molar-refractivity contribution in [3.63, 3.8) is 0 Å². The Labute approximate surface area is 93.9 Å². The van der Waals surface area contributed by atoms with E-state index in [9.17, 15) is 9.90 Å². The topological polar surface area (TPSA) is 49.3 Å². The van der Waals surface area contributed by atoms with E-state index < -0.39 is 5.44 Å². The summed E-state index contributed by atoms with van der Waals surface area (Å²) < 4.78 is 0. The van der Waals surface area contributed by atoms with Crippen molar-refractivity contribution in [1.82, 2.24) is 5.32 Å². The van der Waals surface area contributed by atoms with Crippen LogP contribution in [-0.4, -0.2) is 22.2 Å². The molecular formula is C11H15NO2S. The van der Waals surface area contributed by atoms with Crippen LogP contribution in [-0.2, 0) is 4.79 Å². The third-order valence-corrected chi connectivity index (χ3v) is 2.83. The fraction of sp³-hybridized carbons (Fsp3) is 0.364. The van der Waals surface area contributed by atoms with E-state index in [1.807, 2.05) is 13.0 Å². The van der Waals surface area contributed by atoms with Crippen molar-refractivity contribution in [1.29, 1.82) is 0 Å².